The minimum Gasteiger partial charge on any atom is -0.361 e. The third-order valence-electron chi connectivity index (χ3n) is 3.96. The van der Waals surface area contributed by atoms with Gasteiger partial charge < -0.3 is 15.2 Å². The van der Waals surface area contributed by atoms with Crippen molar-refractivity contribution in [1.29, 1.82) is 0 Å². The second-order valence-corrected chi connectivity index (χ2v) is 5.99. The van der Waals surface area contributed by atoms with Gasteiger partial charge in [0.05, 0.1) is 0 Å². The van der Waals surface area contributed by atoms with E-state index in [0.29, 0.717) is 12.3 Å². The van der Waals surface area contributed by atoms with Crippen molar-refractivity contribution in [3.05, 3.63) is 83.2 Å². The van der Waals surface area contributed by atoms with Gasteiger partial charge in [-0.1, -0.05) is 47.6 Å². The summed E-state index contributed by atoms with van der Waals surface area (Å²) in [6, 6.07) is 19.9. The van der Waals surface area contributed by atoms with Crippen LogP contribution >= 0.6 is 0 Å². The Bertz CT molecular complexity index is 843. The van der Waals surface area contributed by atoms with Crippen LogP contribution in [0.15, 0.2) is 65.2 Å². The van der Waals surface area contributed by atoms with Crippen LogP contribution < -0.4 is 10.6 Å². The summed E-state index contributed by atoms with van der Waals surface area (Å²) < 4.78 is 4.93. The third kappa shape index (κ3) is 4.55. The number of carbonyl (C=O) groups is 1. The van der Waals surface area contributed by atoms with E-state index in [2.05, 4.69) is 34.8 Å². The highest BCUT2D eigenvalue weighted by molar-refractivity contribution is 6.02. The molecule has 0 saturated carbocycles. The zero-order chi connectivity index (χ0) is 17.6. The van der Waals surface area contributed by atoms with E-state index >= 15 is 0 Å². The van der Waals surface area contributed by atoms with Crippen LogP contribution in [0.5, 0.6) is 0 Å². The van der Waals surface area contributed by atoms with E-state index < -0.39 is 0 Å². The van der Waals surface area contributed by atoms with Gasteiger partial charge in [0.25, 0.3) is 5.91 Å². The minimum atomic E-state index is -0.278. The van der Waals surface area contributed by atoms with Crippen molar-refractivity contribution in [2.45, 2.75) is 26.4 Å². The van der Waals surface area contributed by atoms with Crippen LogP contribution in [0.4, 0.5) is 5.69 Å². The maximum Gasteiger partial charge on any atom is 0.277 e. The smallest absolute Gasteiger partial charge is 0.277 e. The van der Waals surface area contributed by atoms with Crippen molar-refractivity contribution in [2.24, 2.45) is 0 Å². The molecule has 1 amide bonds. The summed E-state index contributed by atoms with van der Waals surface area (Å²) in [5.41, 5.74) is 3.35. The van der Waals surface area contributed by atoms with Gasteiger partial charge in [0, 0.05) is 24.3 Å². The average Bonchev–Trinajstić information content (AvgIpc) is 3.07. The molecule has 5 nitrogen and oxygen atoms in total. The first kappa shape index (κ1) is 16.9. The lowest BCUT2D eigenvalue weighted by Gasteiger charge is -2.14. The van der Waals surface area contributed by atoms with Gasteiger partial charge in [-0.3, -0.25) is 4.79 Å². The van der Waals surface area contributed by atoms with E-state index in [1.807, 2.05) is 42.5 Å². The van der Waals surface area contributed by atoms with Gasteiger partial charge in [-0.15, -0.1) is 0 Å². The van der Waals surface area contributed by atoms with Crippen molar-refractivity contribution in [3.8, 4) is 0 Å². The number of amides is 1. The molecule has 2 N–H and O–H groups in total. The molecule has 3 rings (SSSR count). The van der Waals surface area contributed by atoms with Gasteiger partial charge in [0.2, 0.25) is 0 Å². The normalized spacial score (nSPS) is 11.9. The Kier molecular flexibility index (Phi) is 5.26. The summed E-state index contributed by atoms with van der Waals surface area (Å²) in [5, 5.41) is 10.1. The Morgan fingerprint density at radius 1 is 1.12 bits per heavy atom. The Balaban J connectivity index is 1.60. The molecule has 3 aromatic rings. The third-order valence-corrected chi connectivity index (χ3v) is 3.96. The number of nitrogens with one attached hydrogen (secondary N) is 2. The number of nitrogens with zero attached hydrogens (tertiary/aromatic N) is 1. The Hall–Kier alpha value is -2.92. The van der Waals surface area contributed by atoms with E-state index in [1.54, 1.807) is 13.0 Å². The molecule has 25 heavy (non-hydrogen) atoms. The number of aromatic nitrogens is 1. The van der Waals surface area contributed by atoms with Crippen LogP contribution in [0, 0.1) is 6.92 Å². The fourth-order valence-corrected chi connectivity index (χ4v) is 2.56. The molecule has 1 aromatic heterocycles. The van der Waals surface area contributed by atoms with Crippen molar-refractivity contribution < 1.29 is 9.32 Å². The van der Waals surface area contributed by atoms with E-state index in [4.69, 9.17) is 4.52 Å². The highest BCUT2D eigenvalue weighted by Gasteiger charge is 2.11. The average molecular weight is 335 g/mol. The lowest BCUT2D eigenvalue weighted by atomic mass is 10.1. The second-order valence-electron chi connectivity index (χ2n) is 5.99. The van der Waals surface area contributed by atoms with Crippen LogP contribution in [-0.2, 0) is 6.54 Å². The minimum absolute atomic E-state index is 0.248. The molecule has 0 bridgehead atoms. The molecule has 1 heterocycles. The number of rotatable bonds is 6. The molecule has 0 aliphatic carbocycles. The molecular formula is C20H21N3O2. The zero-order valence-corrected chi connectivity index (χ0v) is 14.3. The van der Waals surface area contributed by atoms with Gasteiger partial charge in [-0.2, -0.15) is 0 Å². The largest absolute Gasteiger partial charge is 0.361 e. The maximum atomic E-state index is 12.1. The van der Waals surface area contributed by atoms with E-state index in [1.165, 1.54) is 5.56 Å². The Labute approximate surface area is 147 Å². The van der Waals surface area contributed by atoms with Crippen molar-refractivity contribution >= 4 is 11.6 Å². The maximum absolute atomic E-state index is 12.1. The lowest BCUT2D eigenvalue weighted by Crippen LogP contribution is -2.18. The van der Waals surface area contributed by atoms with Gasteiger partial charge >= 0.3 is 0 Å². The van der Waals surface area contributed by atoms with Gasteiger partial charge in [0.15, 0.2) is 5.69 Å². The summed E-state index contributed by atoms with van der Waals surface area (Å²) in [6.45, 7) is 4.60. The molecule has 0 radical (unpaired) electrons. The first-order valence-corrected chi connectivity index (χ1v) is 8.24. The van der Waals surface area contributed by atoms with Crippen molar-refractivity contribution in [3.63, 3.8) is 0 Å². The van der Waals surface area contributed by atoms with E-state index in [9.17, 15) is 4.79 Å². The highest BCUT2D eigenvalue weighted by atomic mass is 16.5. The summed E-state index contributed by atoms with van der Waals surface area (Å²) >= 11 is 0. The van der Waals surface area contributed by atoms with Crippen LogP contribution in [0.25, 0.3) is 0 Å². The van der Waals surface area contributed by atoms with Gasteiger partial charge in [-0.25, -0.2) is 0 Å². The second kappa shape index (κ2) is 7.77. The number of hydrogen-bond donors (Lipinski definition) is 2. The highest BCUT2D eigenvalue weighted by Crippen LogP contribution is 2.15. The summed E-state index contributed by atoms with van der Waals surface area (Å²) in [6.07, 6.45) is 0. The Morgan fingerprint density at radius 3 is 2.64 bits per heavy atom. The van der Waals surface area contributed by atoms with Gasteiger partial charge in [0.1, 0.15) is 5.76 Å². The van der Waals surface area contributed by atoms with Crippen LogP contribution in [0.3, 0.4) is 0 Å². The van der Waals surface area contributed by atoms with E-state index in [0.717, 1.165) is 11.3 Å². The molecule has 2 aromatic carbocycles. The predicted octanol–water partition coefficient (Wildman–Crippen LogP) is 4.09. The number of hydrogen-bond acceptors (Lipinski definition) is 4. The molecule has 0 fully saturated rings. The van der Waals surface area contributed by atoms with Gasteiger partial charge in [-0.05, 0) is 37.1 Å². The molecule has 0 aliphatic heterocycles. The topological polar surface area (TPSA) is 67.2 Å². The molecule has 0 aliphatic rings. The monoisotopic (exact) mass is 335 g/mol. The zero-order valence-electron chi connectivity index (χ0n) is 14.3. The molecule has 128 valence electrons. The molecule has 0 spiro atoms. The molecule has 5 heteroatoms. The first-order valence-electron chi connectivity index (χ1n) is 8.24. The fraction of sp³-hybridized carbons (Fsp3) is 0.200. The van der Waals surface area contributed by atoms with Crippen LogP contribution in [-0.4, -0.2) is 11.1 Å². The molecular weight excluding hydrogens is 314 g/mol. The molecule has 0 unspecified atom stereocenters. The standard InChI is InChI=1S/C20H21N3O2/c1-14-11-19(23-25-14)20(24)22-18-10-6-7-16(12-18)13-21-15(2)17-8-4-3-5-9-17/h3-12,15,21H,13H2,1-2H3,(H,22,24)/t15-/m1/s1. The quantitative estimate of drug-likeness (QED) is 0.712. The number of anilines is 1. The number of aryl methyl sites for hydroxylation is 1. The SMILES string of the molecule is Cc1cc(C(=O)Nc2cccc(CN[C@H](C)c3ccccc3)c2)no1. The molecule has 0 saturated heterocycles. The summed E-state index contributed by atoms with van der Waals surface area (Å²) in [4.78, 5) is 12.1. The lowest BCUT2D eigenvalue weighted by molar-refractivity contribution is 0.101. The van der Waals surface area contributed by atoms with Crippen molar-refractivity contribution in [1.82, 2.24) is 10.5 Å². The Morgan fingerprint density at radius 2 is 1.92 bits per heavy atom. The summed E-state index contributed by atoms with van der Waals surface area (Å²) in [7, 11) is 0. The number of carbonyl (C=O) groups excluding carboxylic acids is 1. The van der Waals surface area contributed by atoms with E-state index in [-0.39, 0.29) is 17.6 Å². The summed E-state index contributed by atoms with van der Waals surface area (Å²) in [5.74, 6) is 0.331. The van der Waals surface area contributed by atoms with Crippen LogP contribution in [0.2, 0.25) is 0 Å². The predicted molar refractivity (Wildman–Crippen MR) is 97.3 cm³/mol. The number of benzene rings is 2. The van der Waals surface area contributed by atoms with Crippen molar-refractivity contribution in [2.75, 3.05) is 5.32 Å². The van der Waals surface area contributed by atoms with Crippen LogP contribution in [0.1, 0.15) is 40.3 Å². The first-order chi connectivity index (χ1) is 12.1. The fourth-order valence-electron chi connectivity index (χ4n) is 2.56. The molecule has 1 atom stereocenters.